The molecule has 2 rings (SSSR count). The first-order chi connectivity index (χ1) is 9.29. The summed E-state index contributed by atoms with van der Waals surface area (Å²) in [6.07, 6.45) is 7.60. The number of rotatable bonds is 6. The van der Waals surface area contributed by atoms with Gasteiger partial charge < -0.3 is 10.5 Å². The van der Waals surface area contributed by atoms with E-state index < -0.39 is 0 Å². The van der Waals surface area contributed by atoms with E-state index in [4.69, 9.17) is 10.5 Å². The van der Waals surface area contributed by atoms with Gasteiger partial charge in [0, 0.05) is 0 Å². The average Bonchev–Trinajstić information content (AvgIpc) is 2.47. The second kappa shape index (κ2) is 7.34. The summed E-state index contributed by atoms with van der Waals surface area (Å²) < 4.78 is 5.94. The molecule has 2 N–H and O–H groups in total. The van der Waals surface area contributed by atoms with Gasteiger partial charge in [-0.05, 0) is 55.0 Å². The molecule has 0 atom stereocenters. The van der Waals surface area contributed by atoms with Gasteiger partial charge in [-0.15, -0.1) is 0 Å². The van der Waals surface area contributed by atoms with Crippen molar-refractivity contribution in [1.82, 2.24) is 0 Å². The van der Waals surface area contributed by atoms with Crippen LogP contribution in [0, 0.1) is 5.92 Å². The molecule has 19 heavy (non-hydrogen) atoms. The van der Waals surface area contributed by atoms with Crippen molar-refractivity contribution in [2.75, 3.05) is 13.2 Å². The average molecular weight is 259 g/mol. The highest BCUT2D eigenvalue weighted by molar-refractivity contribution is 5.64. The fourth-order valence-corrected chi connectivity index (χ4v) is 2.69. The van der Waals surface area contributed by atoms with E-state index in [1.165, 1.54) is 32.1 Å². The normalized spacial score (nSPS) is 16.3. The first-order valence-electron chi connectivity index (χ1n) is 7.40. The third-order valence-corrected chi connectivity index (χ3v) is 3.90. The maximum atomic E-state index is 5.94. The molecule has 0 unspecified atom stereocenters. The maximum Gasteiger partial charge on any atom is 0.119 e. The molecule has 0 amide bonds. The van der Waals surface area contributed by atoms with Gasteiger partial charge in [0.1, 0.15) is 5.75 Å². The Morgan fingerprint density at radius 3 is 2.79 bits per heavy atom. The fourth-order valence-electron chi connectivity index (χ4n) is 2.69. The summed E-state index contributed by atoms with van der Waals surface area (Å²) in [6.45, 7) is 5.57. The van der Waals surface area contributed by atoms with Crippen LogP contribution in [0.1, 0.15) is 44.1 Å². The lowest BCUT2D eigenvalue weighted by Gasteiger charge is -2.21. The zero-order chi connectivity index (χ0) is 13.5. The molecule has 0 bridgehead atoms. The molecule has 2 heteroatoms. The SMILES string of the molecule is C=C(CCN)c1cccc(OCC2CCCCC2)c1. The molecule has 0 spiro atoms. The molecule has 2 nitrogen and oxygen atoms in total. The van der Waals surface area contributed by atoms with E-state index in [1.807, 2.05) is 12.1 Å². The van der Waals surface area contributed by atoms with Crippen molar-refractivity contribution in [3.05, 3.63) is 36.4 Å². The monoisotopic (exact) mass is 259 g/mol. The number of nitrogens with two attached hydrogens (primary N) is 1. The maximum absolute atomic E-state index is 5.94. The molecule has 1 fully saturated rings. The molecule has 0 saturated heterocycles. The molecule has 1 aromatic carbocycles. The highest BCUT2D eigenvalue weighted by atomic mass is 16.5. The van der Waals surface area contributed by atoms with Crippen molar-refractivity contribution in [3.8, 4) is 5.75 Å². The Kier molecular flexibility index (Phi) is 5.46. The fraction of sp³-hybridized carbons (Fsp3) is 0.529. The Hall–Kier alpha value is -1.28. The van der Waals surface area contributed by atoms with Crippen LogP contribution in [0.15, 0.2) is 30.8 Å². The summed E-state index contributed by atoms with van der Waals surface area (Å²) in [7, 11) is 0. The van der Waals surface area contributed by atoms with Crippen molar-refractivity contribution in [3.63, 3.8) is 0 Å². The zero-order valence-corrected chi connectivity index (χ0v) is 11.7. The Morgan fingerprint density at radius 2 is 2.05 bits per heavy atom. The van der Waals surface area contributed by atoms with E-state index in [0.29, 0.717) is 6.54 Å². The van der Waals surface area contributed by atoms with Gasteiger partial charge in [0.15, 0.2) is 0 Å². The Morgan fingerprint density at radius 1 is 1.26 bits per heavy atom. The molecule has 0 heterocycles. The van der Waals surface area contributed by atoms with Crippen molar-refractivity contribution in [2.45, 2.75) is 38.5 Å². The van der Waals surface area contributed by atoms with Crippen molar-refractivity contribution in [2.24, 2.45) is 11.7 Å². The van der Waals surface area contributed by atoms with E-state index in [2.05, 4.69) is 18.7 Å². The van der Waals surface area contributed by atoms with Gasteiger partial charge in [0.2, 0.25) is 0 Å². The quantitative estimate of drug-likeness (QED) is 0.837. The van der Waals surface area contributed by atoms with E-state index in [1.54, 1.807) is 0 Å². The van der Waals surface area contributed by atoms with Crippen LogP contribution in [-0.2, 0) is 0 Å². The summed E-state index contributed by atoms with van der Waals surface area (Å²) in [5, 5.41) is 0. The topological polar surface area (TPSA) is 35.2 Å². The van der Waals surface area contributed by atoms with Gasteiger partial charge in [-0.2, -0.15) is 0 Å². The predicted molar refractivity (Wildman–Crippen MR) is 81.2 cm³/mol. The number of benzene rings is 1. The lowest BCUT2D eigenvalue weighted by Crippen LogP contribution is -2.15. The molecule has 1 aromatic rings. The third-order valence-electron chi connectivity index (χ3n) is 3.90. The first kappa shape index (κ1) is 14.1. The van der Waals surface area contributed by atoms with Gasteiger partial charge in [0.05, 0.1) is 6.61 Å². The van der Waals surface area contributed by atoms with E-state index in [9.17, 15) is 0 Å². The summed E-state index contributed by atoms with van der Waals surface area (Å²) in [6, 6.07) is 8.22. The van der Waals surface area contributed by atoms with Crippen LogP contribution in [0.2, 0.25) is 0 Å². The molecule has 104 valence electrons. The summed E-state index contributed by atoms with van der Waals surface area (Å²) in [5.74, 6) is 1.70. The highest BCUT2D eigenvalue weighted by Gasteiger charge is 2.14. The molecule has 1 aliphatic carbocycles. The number of hydrogen-bond donors (Lipinski definition) is 1. The molecular formula is C17H25NO. The predicted octanol–water partition coefficient (Wildman–Crippen LogP) is 4.01. The highest BCUT2D eigenvalue weighted by Crippen LogP contribution is 2.26. The van der Waals surface area contributed by atoms with Crippen LogP contribution in [0.3, 0.4) is 0 Å². The van der Waals surface area contributed by atoms with Gasteiger partial charge >= 0.3 is 0 Å². The first-order valence-corrected chi connectivity index (χ1v) is 7.40. The van der Waals surface area contributed by atoms with Crippen molar-refractivity contribution in [1.29, 1.82) is 0 Å². The van der Waals surface area contributed by atoms with E-state index in [0.717, 1.165) is 35.8 Å². The van der Waals surface area contributed by atoms with Crippen molar-refractivity contribution >= 4 is 5.57 Å². The van der Waals surface area contributed by atoms with Gasteiger partial charge in [-0.1, -0.05) is 38.0 Å². The lowest BCUT2D eigenvalue weighted by molar-refractivity contribution is 0.209. The smallest absolute Gasteiger partial charge is 0.119 e. The Labute approximate surface area is 116 Å². The zero-order valence-electron chi connectivity index (χ0n) is 11.7. The molecular weight excluding hydrogens is 234 g/mol. The molecule has 0 aliphatic heterocycles. The van der Waals surface area contributed by atoms with Crippen LogP contribution < -0.4 is 10.5 Å². The Bertz CT molecular complexity index is 407. The Balaban J connectivity index is 1.89. The summed E-state index contributed by atoms with van der Waals surface area (Å²) >= 11 is 0. The van der Waals surface area contributed by atoms with Crippen LogP contribution in [0.4, 0.5) is 0 Å². The lowest BCUT2D eigenvalue weighted by atomic mass is 9.90. The minimum atomic E-state index is 0.645. The molecule has 0 radical (unpaired) electrons. The van der Waals surface area contributed by atoms with Crippen LogP contribution >= 0.6 is 0 Å². The van der Waals surface area contributed by atoms with Gasteiger partial charge in [-0.25, -0.2) is 0 Å². The second-order valence-corrected chi connectivity index (χ2v) is 5.49. The van der Waals surface area contributed by atoms with E-state index in [-0.39, 0.29) is 0 Å². The second-order valence-electron chi connectivity index (χ2n) is 5.49. The van der Waals surface area contributed by atoms with Crippen LogP contribution in [0.25, 0.3) is 5.57 Å². The number of hydrogen-bond acceptors (Lipinski definition) is 2. The standard InChI is InChI=1S/C17H25NO/c1-14(10-11-18)16-8-5-9-17(12-16)19-13-15-6-3-2-4-7-15/h5,8-9,12,15H,1-4,6-7,10-11,13,18H2. The van der Waals surface area contributed by atoms with Gasteiger partial charge in [-0.3, -0.25) is 0 Å². The van der Waals surface area contributed by atoms with Crippen LogP contribution in [-0.4, -0.2) is 13.2 Å². The number of ether oxygens (including phenoxy) is 1. The minimum Gasteiger partial charge on any atom is -0.493 e. The minimum absolute atomic E-state index is 0.645. The summed E-state index contributed by atoms with van der Waals surface area (Å²) in [4.78, 5) is 0. The largest absolute Gasteiger partial charge is 0.493 e. The van der Waals surface area contributed by atoms with Crippen LogP contribution in [0.5, 0.6) is 5.75 Å². The third kappa shape index (κ3) is 4.39. The summed E-state index contributed by atoms with van der Waals surface area (Å²) in [5.41, 5.74) is 7.80. The molecule has 0 aromatic heterocycles. The van der Waals surface area contributed by atoms with Crippen molar-refractivity contribution < 1.29 is 4.74 Å². The van der Waals surface area contributed by atoms with E-state index >= 15 is 0 Å². The van der Waals surface area contributed by atoms with Gasteiger partial charge in [0.25, 0.3) is 0 Å². The molecule has 1 saturated carbocycles. The molecule has 1 aliphatic rings.